The smallest absolute Gasteiger partial charge is 0.313 e. The quantitative estimate of drug-likeness (QED) is 0.333. The number of carbonyl (C=O) groups excluding carboxylic acids is 1. The third kappa shape index (κ3) is 1.53. The van der Waals surface area contributed by atoms with Crippen LogP contribution >= 0.6 is 0 Å². The number of ether oxygens (including phenoxy) is 1. The highest BCUT2D eigenvalue weighted by Gasteiger charge is 2.51. The largest absolute Gasteiger partial charge is 0.469 e. The average molecular weight is 191 g/mol. The van der Waals surface area contributed by atoms with Crippen LogP contribution < -0.4 is 5.73 Å². The van der Waals surface area contributed by atoms with Crippen molar-refractivity contribution >= 4 is 5.97 Å². The van der Waals surface area contributed by atoms with E-state index in [1.807, 2.05) is 0 Å². The Morgan fingerprint density at radius 3 is 2.08 bits per heavy atom. The van der Waals surface area contributed by atoms with Crippen LogP contribution in [0.15, 0.2) is 0 Å². The maximum absolute atomic E-state index is 11.0. The lowest BCUT2D eigenvalue weighted by Gasteiger charge is -2.15. The van der Waals surface area contributed by atoms with Gasteiger partial charge in [0.05, 0.1) is 19.3 Å². The van der Waals surface area contributed by atoms with E-state index in [0.717, 1.165) is 7.11 Å². The predicted molar refractivity (Wildman–Crippen MR) is 41.5 cm³/mol. The predicted octanol–water partition coefficient (Wildman–Crippen LogP) is -2.80. The monoisotopic (exact) mass is 191 g/mol. The summed E-state index contributed by atoms with van der Waals surface area (Å²) in [5.41, 5.74) is 5.41. The summed E-state index contributed by atoms with van der Waals surface area (Å²) in [4.78, 5) is 11.0. The fourth-order valence-corrected chi connectivity index (χ4v) is 1.51. The van der Waals surface area contributed by atoms with Crippen LogP contribution in [0.2, 0.25) is 0 Å². The van der Waals surface area contributed by atoms with Gasteiger partial charge in [0.1, 0.15) is 12.0 Å². The molecule has 1 aliphatic rings. The first-order valence-corrected chi connectivity index (χ1v) is 3.88. The van der Waals surface area contributed by atoms with E-state index in [4.69, 9.17) is 10.8 Å². The number of methoxy groups -OCH3 is 1. The molecule has 1 fully saturated rings. The second kappa shape index (κ2) is 3.59. The van der Waals surface area contributed by atoms with E-state index in [1.54, 1.807) is 0 Å². The van der Waals surface area contributed by atoms with Gasteiger partial charge in [0.25, 0.3) is 0 Å². The van der Waals surface area contributed by atoms with Crippen molar-refractivity contribution in [1.29, 1.82) is 0 Å². The van der Waals surface area contributed by atoms with Crippen LogP contribution in [0.3, 0.4) is 0 Å². The first-order valence-electron chi connectivity index (χ1n) is 3.88. The van der Waals surface area contributed by atoms with Crippen molar-refractivity contribution < 1.29 is 24.9 Å². The van der Waals surface area contributed by atoms with Gasteiger partial charge in [-0.25, -0.2) is 0 Å². The number of aliphatic hydroxyl groups excluding tert-OH is 3. The van der Waals surface area contributed by atoms with Gasteiger partial charge < -0.3 is 25.8 Å². The first kappa shape index (κ1) is 10.4. The molecule has 0 bridgehead atoms. The van der Waals surface area contributed by atoms with Crippen molar-refractivity contribution in [2.45, 2.75) is 24.4 Å². The van der Waals surface area contributed by atoms with Crippen LogP contribution in [-0.4, -0.2) is 52.8 Å². The number of aliphatic hydroxyl groups is 3. The van der Waals surface area contributed by atoms with Crippen molar-refractivity contribution in [1.82, 2.24) is 0 Å². The Bertz CT molecular complexity index is 195. The van der Waals surface area contributed by atoms with Gasteiger partial charge in [0.15, 0.2) is 0 Å². The molecular formula is C7H13NO5. The zero-order valence-corrected chi connectivity index (χ0v) is 7.12. The Morgan fingerprint density at radius 1 is 1.23 bits per heavy atom. The van der Waals surface area contributed by atoms with Crippen LogP contribution in [0, 0.1) is 5.92 Å². The van der Waals surface area contributed by atoms with E-state index >= 15 is 0 Å². The molecule has 6 nitrogen and oxygen atoms in total. The molecule has 0 amide bonds. The highest BCUT2D eigenvalue weighted by atomic mass is 16.5. The summed E-state index contributed by atoms with van der Waals surface area (Å²) in [6, 6.07) is -0.988. The summed E-state index contributed by atoms with van der Waals surface area (Å²) in [5.74, 6) is -1.79. The number of rotatable bonds is 1. The van der Waals surface area contributed by atoms with Gasteiger partial charge in [-0.15, -0.1) is 0 Å². The zero-order chi connectivity index (χ0) is 10.2. The van der Waals surface area contributed by atoms with Crippen LogP contribution in [-0.2, 0) is 9.53 Å². The number of carbonyl (C=O) groups is 1. The molecule has 0 aromatic carbocycles. The summed E-state index contributed by atoms with van der Waals surface area (Å²) in [6.45, 7) is 0. The van der Waals surface area contributed by atoms with E-state index in [0.29, 0.717) is 0 Å². The molecule has 1 saturated carbocycles. The summed E-state index contributed by atoms with van der Waals surface area (Å²) < 4.78 is 4.37. The molecule has 5 unspecified atom stereocenters. The molecule has 5 N–H and O–H groups in total. The van der Waals surface area contributed by atoms with Crippen LogP contribution in [0.5, 0.6) is 0 Å². The number of hydrogen-bond donors (Lipinski definition) is 4. The number of nitrogens with two attached hydrogens (primary N) is 1. The highest BCUT2D eigenvalue weighted by Crippen LogP contribution is 2.26. The maximum atomic E-state index is 11.0. The molecule has 6 heteroatoms. The molecular weight excluding hydrogens is 178 g/mol. The first-order chi connectivity index (χ1) is 6.00. The normalized spacial score (nSPS) is 44.8. The third-order valence-electron chi connectivity index (χ3n) is 2.35. The summed E-state index contributed by atoms with van der Waals surface area (Å²) in [5, 5.41) is 27.7. The van der Waals surface area contributed by atoms with Crippen molar-refractivity contribution in [2.75, 3.05) is 7.11 Å². The summed E-state index contributed by atoms with van der Waals surface area (Å²) in [6.07, 6.45) is -4.05. The molecule has 1 aliphatic carbocycles. The van der Waals surface area contributed by atoms with Gasteiger partial charge in [-0.2, -0.15) is 0 Å². The lowest BCUT2D eigenvalue weighted by molar-refractivity contribution is -0.150. The van der Waals surface area contributed by atoms with Crippen molar-refractivity contribution in [3.05, 3.63) is 0 Å². The van der Waals surface area contributed by atoms with Gasteiger partial charge >= 0.3 is 5.97 Å². The second-order valence-corrected chi connectivity index (χ2v) is 3.10. The van der Waals surface area contributed by atoms with Gasteiger partial charge in [0, 0.05) is 6.04 Å². The summed E-state index contributed by atoms with van der Waals surface area (Å²) in [7, 11) is 1.15. The van der Waals surface area contributed by atoms with Gasteiger partial charge in [-0.1, -0.05) is 0 Å². The third-order valence-corrected chi connectivity index (χ3v) is 2.35. The molecule has 0 aromatic heterocycles. The van der Waals surface area contributed by atoms with Crippen LogP contribution in [0.4, 0.5) is 0 Å². The van der Waals surface area contributed by atoms with E-state index in [1.165, 1.54) is 0 Å². The minimum Gasteiger partial charge on any atom is -0.469 e. The van der Waals surface area contributed by atoms with Gasteiger partial charge in [0.2, 0.25) is 0 Å². The highest BCUT2D eigenvalue weighted by molar-refractivity contribution is 5.74. The Kier molecular flexibility index (Phi) is 2.87. The van der Waals surface area contributed by atoms with Gasteiger partial charge in [-0.05, 0) is 0 Å². The Hall–Kier alpha value is -0.690. The Labute approximate surface area is 74.9 Å². The van der Waals surface area contributed by atoms with E-state index in [2.05, 4.69) is 4.74 Å². The van der Waals surface area contributed by atoms with E-state index in [-0.39, 0.29) is 0 Å². The molecule has 76 valence electrons. The lowest BCUT2D eigenvalue weighted by Crippen LogP contribution is -2.41. The van der Waals surface area contributed by atoms with E-state index < -0.39 is 36.2 Å². The number of hydrogen-bond acceptors (Lipinski definition) is 6. The molecule has 0 saturated heterocycles. The Balaban J connectivity index is 2.81. The van der Waals surface area contributed by atoms with Crippen LogP contribution in [0.1, 0.15) is 0 Å². The molecule has 0 aromatic rings. The molecule has 13 heavy (non-hydrogen) atoms. The fourth-order valence-electron chi connectivity index (χ4n) is 1.51. The second-order valence-electron chi connectivity index (χ2n) is 3.10. The minimum absolute atomic E-state index is 0.726. The topological polar surface area (TPSA) is 113 Å². The molecule has 0 aliphatic heterocycles. The molecule has 0 radical (unpaired) electrons. The minimum atomic E-state index is -1.39. The standard InChI is InChI=1S/C7H13NO5/c1-13-7(12)2-3(8)5(10)6(11)4(2)9/h2-6,9-11H,8H2,1H3. The molecule has 0 spiro atoms. The zero-order valence-electron chi connectivity index (χ0n) is 7.12. The molecule has 0 heterocycles. The molecule has 5 atom stereocenters. The lowest BCUT2D eigenvalue weighted by atomic mass is 10.0. The Morgan fingerprint density at radius 2 is 1.77 bits per heavy atom. The fraction of sp³-hybridized carbons (Fsp3) is 0.857. The molecule has 1 rings (SSSR count). The van der Waals surface area contributed by atoms with Crippen molar-refractivity contribution in [3.8, 4) is 0 Å². The average Bonchev–Trinajstić information content (AvgIpc) is 2.30. The van der Waals surface area contributed by atoms with Gasteiger partial charge in [-0.3, -0.25) is 4.79 Å². The van der Waals surface area contributed by atoms with Crippen molar-refractivity contribution in [2.24, 2.45) is 11.7 Å². The maximum Gasteiger partial charge on any atom is 0.313 e. The SMILES string of the molecule is COC(=O)C1C(N)C(O)C(O)C1O. The van der Waals surface area contributed by atoms with Crippen molar-refractivity contribution in [3.63, 3.8) is 0 Å². The summed E-state index contributed by atoms with van der Waals surface area (Å²) >= 11 is 0. The number of esters is 1. The van der Waals surface area contributed by atoms with Crippen LogP contribution in [0.25, 0.3) is 0 Å². The van der Waals surface area contributed by atoms with E-state index in [9.17, 15) is 15.0 Å².